The van der Waals surface area contributed by atoms with Crippen LogP contribution in [0.15, 0.2) is 66.9 Å². The molecule has 1 unspecified atom stereocenters. The van der Waals surface area contributed by atoms with Crippen molar-refractivity contribution in [3.63, 3.8) is 0 Å². The number of unbranched alkanes of at least 4 members (excludes halogenated alkanes) is 1. The molecule has 0 fully saturated rings. The molecule has 0 radical (unpaired) electrons. The lowest BCUT2D eigenvalue weighted by atomic mass is 9.78. The molecule has 0 saturated heterocycles. The number of benzene rings is 3. The van der Waals surface area contributed by atoms with Crippen molar-refractivity contribution in [1.29, 1.82) is 0 Å². The molecule has 1 aromatic heterocycles. The maximum absolute atomic E-state index is 12.8. The van der Waals surface area contributed by atoms with Gasteiger partial charge in [-0.15, -0.1) is 0 Å². The second kappa shape index (κ2) is 14.9. The summed E-state index contributed by atoms with van der Waals surface area (Å²) in [7, 11) is 8.93. The van der Waals surface area contributed by atoms with Crippen molar-refractivity contribution in [1.82, 2.24) is 14.9 Å². The van der Waals surface area contributed by atoms with Crippen LogP contribution in [-0.4, -0.2) is 69.3 Å². The van der Waals surface area contributed by atoms with Gasteiger partial charge in [0.05, 0.1) is 27.0 Å². The lowest BCUT2D eigenvalue weighted by molar-refractivity contribution is -0.116. The molecule has 2 N–H and O–H groups in total. The lowest BCUT2D eigenvalue weighted by Crippen LogP contribution is -2.17. The Morgan fingerprint density at radius 2 is 1.69 bits per heavy atom. The largest absolute Gasteiger partial charge is 0.493 e. The van der Waals surface area contributed by atoms with Gasteiger partial charge < -0.3 is 29.7 Å². The van der Waals surface area contributed by atoms with Crippen molar-refractivity contribution >= 4 is 17.5 Å². The maximum atomic E-state index is 12.8. The molecule has 4 aromatic rings. The normalized spacial score (nSPS) is 13.5. The molecule has 1 amide bonds. The summed E-state index contributed by atoms with van der Waals surface area (Å²) in [5.74, 6) is 2.47. The number of nitrogens with zero attached hydrogens (tertiary/aromatic N) is 3. The quantitative estimate of drug-likeness (QED) is 0.164. The third-order valence-corrected chi connectivity index (χ3v) is 8.16. The molecule has 1 aliphatic rings. The minimum Gasteiger partial charge on any atom is -0.493 e. The van der Waals surface area contributed by atoms with Gasteiger partial charge in [0, 0.05) is 36.3 Å². The first-order valence-electron chi connectivity index (χ1n) is 15.4. The number of carbonyl (C=O) groups excluding carboxylic acids is 1. The summed E-state index contributed by atoms with van der Waals surface area (Å²) in [5.41, 5.74) is 7.42. The molecule has 236 valence electrons. The standard InChI is InChI=1S/C36H43N5O4/c1-41(2)19-9-8-18-37-36-38-23-26-22-30(28-10-6-7-11-29(28)34(26)40-36)25-13-15-27(16-14-25)39-33(42)17-12-24-20-31(43-3)35(45-5)32(21-24)44-4/h6-7,10-11,13-16,20-21,23,30H,8-9,12,17-19,22H2,1-5H3,(H,39,42)(H,37,38,40). The number of ether oxygens (including phenoxy) is 3. The Hall–Kier alpha value is -4.63. The van der Waals surface area contributed by atoms with E-state index in [9.17, 15) is 4.79 Å². The minimum atomic E-state index is -0.0623. The van der Waals surface area contributed by atoms with Gasteiger partial charge in [-0.3, -0.25) is 4.79 Å². The van der Waals surface area contributed by atoms with Crippen molar-refractivity contribution in [3.8, 4) is 28.5 Å². The number of amides is 1. The first-order chi connectivity index (χ1) is 21.9. The second-order valence-electron chi connectivity index (χ2n) is 11.6. The summed E-state index contributed by atoms with van der Waals surface area (Å²) >= 11 is 0. The van der Waals surface area contributed by atoms with Gasteiger partial charge in [0.25, 0.3) is 0 Å². The van der Waals surface area contributed by atoms with Crippen LogP contribution in [0.5, 0.6) is 17.2 Å². The number of nitrogens with one attached hydrogen (secondary N) is 2. The van der Waals surface area contributed by atoms with Gasteiger partial charge in [0.2, 0.25) is 17.6 Å². The Bertz CT molecular complexity index is 1580. The van der Waals surface area contributed by atoms with Crippen LogP contribution < -0.4 is 24.8 Å². The van der Waals surface area contributed by atoms with Gasteiger partial charge in [0.15, 0.2) is 11.5 Å². The zero-order valence-corrected chi connectivity index (χ0v) is 26.9. The van der Waals surface area contributed by atoms with E-state index in [0.29, 0.717) is 36.0 Å². The molecule has 9 nitrogen and oxygen atoms in total. The third kappa shape index (κ3) is 7.72. The van der Waals surface area contributed by atoms with E-state index in [1.54, 1.807) is 21.3 Å². The van der Waals surface area contributed by atoms with Crippen molar-refractivity contribution in [2.75, 3.05) is 59.1 Å². The highest BCUT2D eigenvalue weighted by Crippen LogP contribution is 2.42. The fourth-order valence-corrected chi connectivity index (χ4v) is 5.83. The molecule has 9 heteroatoms. The molecule has 1 aliphatic carbocycles. The molecular formula is C36H43N5O4. The van der Waals surface area contributed by atoms with E-state index in [2.05, 4.69) is 71.0 Å². The summed E-state index contributed by atoms with van der Waals surface area (Å²) in [6, 6.07) is 20.4. The Balaban J connectivity index is 1.22. The molecule has 0 spiro atoms. The summed E-state index contributed by atoms with van der Waals surface area (Å²) in [5, 5.41) is 6.44. The minimum absolute atomic E-state index is 0.0623. The van der Waals surface area contributed by atoms with E-state index in [0.717, 1.165) is 60.4 Å². The van der Waals surface area contributed by atoms with Crippen molar-refractivity contribution in [3.05, 3.63) is 89.1 Å². The van der Waals surface area contributed by atoms with Crippen LogP contribution in [-0.2, 0) is 17.6 Å². The number of carbonyl (C=O) groups is 1. The Morgan fingerprint density at radius 3 is 2.38 bits per heavy atom. The fourth-order valence-electron chi connectivity index (χ4n) is 5.83. The average Bonchev–Trinajstić information content (AvgIpc) is 3.06. The van der Waals surface area contributed by atoms with Crippen LogP contribution >= 0.6 is 0 Å². The molecule has 0 aliphatic heterocycles. The van der Waals surface area contributed by atoms with Crippen LogP contribution in [0.2, 0.25) is 0 Å². The van der Waals surface area contributed by atoms with Crippen molar-refractivity contribution in [2.45, 2.75) is 38.0 Å². The Morgan fingerprint density at radius 1 is 0.956 bits per heavy atom. The predicted octanol–water partition coefficient (Wildman–Crippen LogP) is 6.18. The number of hydrogen-bond acceptors (Lipinski definition) is 8. The first-order valence-corrected chi connectivity index (χ1v) is 15.4. The summed E-state index contributed by atoms with van der Waals surface area (Å²) < 4.78 is 16.3. The number of methoxy groups -OCH3 is 3. The van der Waals surface area contributed by atoms with E-state index < -0.39 is 0 Å². The summed E-state index contributed by atoms with van der Waals surface area (Å²) in [6.45, 7) is 1.93. The number of fused-ring (bicyclic) bond motifs is 3. The van der Waals surface area contributed by atoms with Crippen LogP contribution in [0.3, 0.4) is 0 Å². The van der Waals surface area contributed by atoms with Crippen molar-refractivity contribution in [2.24, 2.45) is 0 Å². The third-order valence-electron chi connectivity index (χ3n) is 8.16. The number of rotatable bonds is 14. The maximum Gasteiger partial charge on any atom is 0.224 e. The SMILES string of the molecule is COc1cc(CCC(=O)Nc2ccc(C3Cc4cnc(NCCCCN(C)C)nc4-c4ccccc43)cc2)cc(OC)c1OC. The Labute approximate surface area is 266 Å². The van der Waals surface area contributed by atoms with E-state index in [1.165, 1.54) is 11.1 Å². The fraction of sp³-hybridized carbons (Fsp3) is 0.361. The molecule has 45 heavy (non-hydrogen) atoms. The highest BCUT2D eigenvalue weighted by Gasteiger charge is 2.27. The van der Waals surface area contributed by atoms with E-state index in [4.69, 9.17) is 19.2 Å². The predicted molar refractivity (Wildman–Crippen MR) is 179 cm³/mol. The number of hydrogen-bond donors (Lipinski definition) is 2. The van der Waals surface area contributed by atoms with Gasteiger partial charge in [-0.2, -0.15) is 0 Å². The molecule has 0 bridgehead atoms. The smallest absolute Gasteiger partial charge is 0.224 e. The molecular weight excluding hydrogens is 566 g/mol. The first kappa shape index (κ1) is 31.8. The topological polar surface area (TPSA) is 97.8 Å². The zero-order chi connectivity index (χ0) is 31.8. The van der Waals surface area contributed by atoms with Gasteiger partial charge in [-0.05, 0) is 92.8 Å². The number of aryl methyl sites for hydroxylation is 1. The van der Waals surface area contributed by atoms with E-state index in [-0.39, 0.29) is 11.8 Å². The molecule has 5 rings (SSSR count). The van der Waals surface area contributed by atoms with Gasteiger partial charge in [-0.25, -0.2) is 9.97 Å². The second-order valence-corrected chi connectivity index (χ2v) is 11.6. The van der Waals surface area contributed by atoms with Gasteiger partial charge in [-0.1, -0.05) is 36.4 Å². The summed E-state index contributed by atoms with van der Waals surface area (Å²) in [6.07, 6.45) is 5.84. The van der Waals surface area contributed by atoms with Crippen molar-refractivity contribution < 1.29 is 19.0 Å². The number of anilines is 2. The number of aromatic nitrogens is 2. The van der Waals surface area contributed by atoms with Crippen LogP contribution in [0.1, 0.15) is 47.4 Å². The lowest BCUT2D eigenvalue weighted by Gasteiger charge is -2.27. The highest BCUT2D eigenvalue weighted by molar-refractivity contribution is 5.90. The summed E-state index contributed by atoms with van der Waals surface area (Å²) in [4.78, 5) is 24.6. The van der Waals surface area contributed by atoms with Crippen LogP contribution in [0, 0.1) is 0 Å². The van der Waals surface area contributed by atoms with E-state index in [1.807, 2.05) is 30.5 Å². The monoisotopic (exact) mass is 609 g/mol. The average molecular weight is 610 g/mol. The molecule has 3 aromatic carbocycles. The molecule has 1 heterocycles. The molecule has 1 atom stereocenters. The van der Waals surface area contributed by atoms with Gasteiger partial charge in [0.1, 0.15) is 0 Å². The highest BCUT2D eigenvalue weighted by atomic mass is 16.5. The van der Waals surface area contributed by atoms with Crippen LogP contribution in [0.4, 0.5) is 11.6 Å². The van der Waals surface area contributed by atoms with Gasteiger partial charge >= 0.3 is 0 Å². The Kier molecular flexibility index (Phi) is 10.5. The van der Waals surface area contributed by atoms with Crippen LogP contribution in [0.25, 0.3) is 11.3 Å². The zero-order valence-electron chi connectivity index (χ0n) is 26.9. The van der Waals surface area contributed by atoms with E-state index >= 15 is 0 Å². The molecule has 0 saturated carbocycles.